The van der Waals surface area contributed by atoms with Crippen molar-refractivity contribution < 1.29 is 14.3 Å². The van der Waals surface area contributed by atoms with E-state index in [-0.39, 0.29) is 12.5 Å². The van der Waals surface area contributed by atoms with Gasteiger partial charge in [-0.1, -0.05) is 11.3 Å². The van der Waals surface area contributed by atoms with Gasteiger partial charge in [-0.15, -0.1) is 0 Å². The Balaban J connectivity index is 1.90. The molecule has 3 aromatic rings. The van der Waals surface area contributed by atoms with E-state index in [9.17, 15) is 9.59 Å². The molecule has 0 aliphatic heterocycles. The Morgan fingerprint density at radius 3 is 2.72 bits per heavy atom. The summed E-state index contributed by atoms with van der Waals surface area (Å²) in [5, 5.41) is 3.10. The van der Waals surface area contributed by atoms with Gasteiger partial charge in [0.05, 0.1) is 18.0 Å². The normalized spacial score (nSPS) is 10.9. The first-order valence-electron chi connectivity index (χ1n) is 7.82. The maximum atomic E-state index is 12.7. The molecule has 0 aliphatic rings. The summed E-state index contributed by atoms with van der Waals surface area (Å²) in [7, 11) is 0. The quantitative estimate of drug-likeness (QED) is 0.724. The van der Waals surface area contributed by atoms with Gasteiger partial charge < -0.3 is 4.74 Å². The van der Waals surface area contributed by atoms with Crippen LogP contribution in [0.4, 0.5) is 5.13 Å². The van der Waals surface area contributed by atoms with Crippen LogP contribution in [0.5, 0.6) is 0 Å². The average molecular weight is 358 g/mol. The van der Waals surface area contributed by atoms with E-state index in [0.29, 0.717) is 32.7 Å². The fourth-order valence-electron chi connectivity index (χ4n) is 2.53. The molecule has 3 heterocycles. The Bertz CT molecular complexity index is 974. The van der Waals surface area contributed by atoms with Gasteiger partial charge in [0.25, 0.3) is 5.91 Å². The fraction of sp³-hybridized carbons (Fsp3) is 0.294. The van der Waals surface area contributed by atoms with Crippen LogP contribution in [0.15, 0.2) is 18.3 Å². The highest BCUT2D eigenvalue weighted by atomic mass is 32.1. The highest BCUT2D eigenvalue weighted by Crippen LogP contribution is 2.24. The van der Waals surface area contributed by atoms with Crippen molar-refractivity contribution >= 4 is 34.0 Å². The lowest BCUT2D eigenvalue weighted by molar-refractivity contribution is 0.0531. The van der Waals surface area contributed by atoms with Crippen LogP contribution in [0.3, 0.4) is 0 Å². The molecule has 0 unspecified atom stereocenters. The molecule has 0 saturated heterocycles. The van der Waals surface area contributed by atoms with Gasteiger partial charge >= 0.3 is 5.97 Å². The van der Waals surface area contributed by atoms with Crippen molar-refractivity contribution in [1.82, 2.24) is 14.4 Å². The molecule has 0 atom stereocenters. The molecule has 8 heteroatoms. The Morgan fingerprint density at radius 2 is 2.00 bits per heavy atom. The summed E-state index contributed by atoms with van der Waals surface area (Å²) in [6.07, 6.45) is 1.82. The first-order chi connectivity index (χ1) is 11.9. The van der Waals surface area contributed by atoms with Crippen molar-refractivity contribution in [1.29, 1.82) is 0 Å². The maximum absolute atomic E-state index is 12.7. The highest BCUT2D eigenvalue weighted by Gasteiger charge is 2.21. The zero-order valence-electron chi connectivity index (χ0n) is 14.4. The molecule has 3 aromatic heterocycles. The van der Waals surface area contributed by atoms with E-state index in [1.54, 1.807) is 25.2 Å². The summed E-state index contributed by atoms with van der Waals surface area (Å²) >= 11 is 1.10. The minimum Gasteiger partial charge on any atom is -0.462 e. The Labute approximate surface area is 148 Å². The van der Waals surface area contributed by atoms with Crippen LogP contribution in [0.2, 0.25) is 0 Å². The van der Waals surface area contributed by atoms with Gasteiger partial charge in [0.2, 0.25) is 0 Å². The first-order valence-corrected chi connectivity index (χ1v) is 8.63. The highest BCUT2D eigenvalue weighted by molar-refractivity contribution is 7.17. The van der Waals surface area contributed by atoms with E-state index in [4.69, 9.17) is 4.74 Å². The summed E-state index contributed by atoms with van der Waals surface area (Å²) < 4.78 is 6.73. The van der Waals surface area contributed by atoms with E-state index < -0.39 is 5.97 Å². The number of aryl methyl sites for hydroxylation is 3. The molecule has 0 spiro atoms. The molecular weight excluding hydrogens is 340 g/mol. The number of ether oxygens (including phenoxy) is 1. The molecule has 7 nitrogen and oxygen atoms in total. The summed E-state index contributed by atoms with van der Waals surface area (Å²) in [6, 6.07) is 3.83. The van der Waals surface area contributed by atoms with Gasteiger partial charge in [0, 0.05) is 6.20 Å². The van der Waals surface area contributed by atoms with Gasteiger partial charge in [0.15, 0.2) is 5.13 Å². The summed E-state index contributed by atoms with van der Waals surface area (Å²) in [4.78, 5) is 33.6. The Hall–Kier alpha value is -2.74. The molecule has 25 heavy (non-hydrogen) atoms. The fourth-order valence-corrected chi connectivity index (χ4v) is 3.39. The van der Waals surface area contributed by atoms with Crippen LogP contribution in [0.25, 0.3) is 5.65 Å². The number of nitrogens with zero attached hydrogens (tertiary/aromatic N) is 3. The van der Waals surface area contributed by atoms with Gasteiger partial charge in [-0.2, -0.15) is 0 Å². The molecule has 0 fully saturated rings. The molecule has 1 N–H and O–H groups in total. The van der Waals surface area contributed by atoms with Crippen LogP contribution in [0, 0.1) is 20.8 Å². The van der Waals surface area contributed by atoms with Crippen molar-refractivity contribution in [3.05, 3.63) is 45.9 Å². The number of thiazole rings is 1. The lowest BCUT2D eigenvalue weighted by atomic mass is 10.3. The lowest BCUT2D eigenvalue weighted by Gasteiger charge is -2.03. The Morgan fingerprint density at radius 1 is 1.24 bits per heavy atom. The zero-order valence-corrected chi connectivity index (χ0v) is 15.2. The predicted molar refractivity (Wildman–Crippen MR) is 95.4 cm³/mol. The van der Waals surface area contributed by atoms with Gasteiger partial charge in [0.1, 0.15) is 16.2 Å². The number of carbonyl (C=O) groups is 2. The first kappa shape index (κ1) is 17.1. The standard InChI is InChI=1S/C17H18N4O3S/c1-5-24-16(23)14-11(4)19-17(25-14)20-15(22)13-10(3)18-12-8-9(2)6-7-21(12)13/h6-8H,5H2,1-4H3,(H,19,20,22). The molecule has 1 amide bonds. The third-order valence-electron chi connectivity index (χ3n) is 3.65. The summed E-state index contributed by atoms with van der Waals surface area (Å²) in [5.74, 6) is -0.752. The van der Waals surface area contributed by atoms with Crippen LogP contribution in [0.1, 0.15) is 44.0 Å². The number of hydrogen-bond acceptors (Lipinski definition) is 6. The van der Waals surface area contributed by atoms with Crippen molar-refractivity contribution in [2.75, 3.05) is 11.9 Å². The molecule has 130 valence electrons. The molecule has 0 radical (unpaired) electrons. The van der Waals surface area contributed by atoms with Crippen LogP contribution >= 0.6 is 11.3 Å². The van der Waals surface area contributed by atoms with E-state index in [1.807, 2.05) is 25.3 Å². The monoisotopic (exact) mass is 358 g/mol. The average Bonchev–Trinajstić information content (AvgIpc) is 3.06. The Kier molecular flexibility index (Phi) is 4.54. The zero-order chi connectivity index (χ0) is 18.1. The number of aromatic nitrogens is 3. The third kappa shape index (κ3) is 3.25. The number of nitrogens with one attached hydrogen (secondary N) is 1. The van der Waals surface area contributed by atoms with Crippen molar-refractivity contribution in [3.8, 4) is 0 Å². The number of fused-ring (bicyclic) bond motifs is 1. The third-order valence-corrected chi connectivity index (χ3v) is 4.70. The van der Waals surface area contributed by atoms with E-state index in [2.05, 4.69) is 15.3 Å². The number of carbonyl (C=O) groups excluding carboxylic acids is 2. The molecule has 3 rings (SSSR count). The molecule has 0 aliphatic carbocycles. The second-order valence-corrected chi connectivity index (χ2v) is 6.59. The number of rotatable bonds is 4. The van der Waals surface area contributed by atoms with Crippen LogP contribution in [-0.2, 0) is 4.74 Å². The van der Waals surface area contributed by atoms with Crippen LogP contribution < -0.4 is 5.32 Å². The van der Waals surface area contributed by atoms with Crippen molar-refractivity contribution in [2.45, 2.75) is 27.7 Å². The largest absolute Gasteiger partial charge is 0.462 e. The molecule has 0 saturated carbocycles. The summed E-state index contributed by atoms with van der Waals surface area (Å²) in [5.41, 5.74) is 3.39. The number of hydrogen-bond donors (Lipinski definition) is 1. The minimum atomic E-state index is -0.431. The lowest BCUT2D eigenvalue weighted by Crippen LogP contribution is -2.15. The van der Waals surface area contributed by atoms with Gasteiger partial charge in [-0.05, 0) is 45.4 Å². The number of amides is 1. The second kappa shape index (κ2) is 6.64. The number of pyridine rings is 1. The van der Waals surface area contributed by atoms with Crippen LogP contribution in [-0.4, -0.2) is 32.9 Å². The topological polar surface area (TPSA) is 85.6 Å². The molecule has 0 bridgehead atoms. The number of anilines is 1. The van der Waals surface area contributed by atoms with Crippen molar-refractivity contribution in [2.24, 2.45) is 0 Å². The summed E-state index contributed by atoms with van der Waals surface area (Å²) in [6.45, 7) is 7.50. The minimum absolute atomic E-state index is 0.290. The van der Waals surface area contributed by atoms with E-state index in [0.717, 1.165) is 16.9 Å². The predicted octanol–water partition coefficient (Wildman–Crippen LogP) is 3.15. The SMILES string of the molecule is CCOC(=O)c1sc(NC(=O)c2c(C)nc3cc(C)ccn23)nc1C. The molecule has 0 aromatic carbocycles. The van der Waals surface area contributed by atoms with E-state index >= 15 is 0 Å². The van der Waals surface area contributed by atoms with Crippen molar-refractivity contribution in [3.63, 3.8) is 0 Å². The number of esters is 1. The second-order valence-electron chi connectivity index (χ2n) is 5.59. The van der Waals surface area contributed by atoms with Gasteiger partial charge in [-0.25, -0.2) is 14.8 Å². The number of imidazole rings is 1. The molecular formula is C17H18N4O3S. The maximum Gasteiger partial charge on any atom is 0.350 e. The smallest absolute Gasteiger partial charge is 0.350 e. The van der Waals surface area contributed by atoms with Gasteiger partial charge in [-0.3, -0.25) is 14.5 Å². The van der Waals surface area contributed by atoms with E-state index in [1.165, 1.54) is 0 Å².